The Kier molecular flexibility index (Phi) is 5.21. The number of carbonyl (C=O) groups excluding carboxylic acids is 1. The van der Waals surface area contributed by atoms with Gasteiger partial charge in [-0.2, -0.15) is 13.2 Å². The molecule has 1 N–H and O–H groups in total. The molecule has 3 rings (SSSR count). The molecule has 0 amide bonds. The zero-order chi connectivity index (χ0) is 20.6. The van der Waals surface area contributed by atoms with Gasteiger partial charge in [-0.25, -0.2) is 4.79 Å². The van der Waals surface area contributed by atoms with Gasteiger partial charge in [0, 0.05) is 16.1 Å². The average molecular weight is 411 g/mol. The van der Waals surface area contributed by atoms with Gasteiger partial charge < -0.3 is 9.84 Å². The Morgan fingerprint density at radius 3 is 2.36 bits per heavy atom. The minimum Gasteiger partial charge on any atom is -0.478 e. The van der Waals surface area contributed by atoms with Crippen LogP contribution in [0.25, 0.3) is 6.08 Å². The van der Waals surface area contributed by atoms with Gasteiger partial charge in [0.15, 0.2) is 5.78 Å². The van der Waals surface area contributed by atoms with Gasteiger partial charge in [0.2, 0.25) is 6.10 Å². The number of ketones is 1. The van der Waals surface area contributed by atoms with Gasteiger partial charge in [0.25, 0.3) is 0 Å². The van der Waals surface area contributed by atoms with Gasteiger partial charge in [-0.05, 0) is 42.7 Å². The maximum absolute atomic E-state index is 13.2. The molecule has 1 heterocycles. The number of hydrogen-bond donors (Lipinski definition) is 1. The van der Waals surface area contributed by atoms with Gasteiger partial charge in [-0.15, -0.1) is 0 Å². The molecule has 0 aliphatic carbocycles. The molecule has 1 atom stereocenters. The average Bonchev–Trinajstić information content (AvgIpc) is 2.61. The maximum Gasteiger partial charge on any atom is 0.430 e. The predicted molar refractivity (Wildman–Crippen MR) is 96.8 cm³/mol. The third kappa shape index (κ3) is 4.04. The molecule has 0 fully saturated rings. The van der Waals surface area contributed by atoms with Crippen LogP contribution in [-0.4, -0.2) is 29.1 Å². The van der Waals surface area contributed by atoms with E-state index in [-0.39, 0.29) is 22.1 Å². The number of carboxylic acid groups (broad SMARTS) is 1. The van der Waals surface area contributed by atoms with Crippen molar-refractivity contribution in [2.45, 2.75) is 25.6 Å². The molecule has 1 aliphatic rings. The van der Waals surface area contributed by atoms with Gasteiger partial charge in [0.1, 0.15) is 5.75 Å². The van der Waals surface area contributed by atoms with Crippen molar-refractivity contribution in [1.29, 1.82) is 0 Å². The number of fused-ring (bicyclic) bond motifs is 1. The molecule has 8 heteroatoms. The number of alkyl halides is 3. The maximum atomic E-state index is 13.2. The molecule has 0 bridgehead atoms. The number of halogens is 4. The number of Topliss-reactive ketones (excluding diaryl/α,β-unsaturated/α-hetero) is 1. The Balaban J connectivity index is 1.96. The monoisotopic (exact) mass is 410 g/mol. The molecule has 0 aromatic heterocycles. The van der Waals surface area contributed by atoms with E-state index < -0.39 is 23.8 Å². The topological polar surface area (TPSA) is 63.6 Å². The van der Waals surface area contributed by atoms with Crippen LogP contribution in [-0.2, 0) is 11.2 Å². The lowest BCUT2D eigenvalue weighted by molar-refractivity contribution is -0.187. The SMILES string of the molecule is CC(=O)c1ccc(Cc2cc3c(cc2Cl)C=C(C(=O)O)C(C(F)(F)F)O3)cc1. The van der Waals surface area contributed by atoms with Gasteiger partial charge in [-0.3, -0.25) is 4.79 Å². The summed E-state index contributed by atoms with van der Waals surface area (Å²) >= 11 is 6.24. The van der Waals surface area contributed by atoms with Gasteiger partial charge in [-0.1, -0.05) is 35.9 Å². The number of benzene rings is 2. The molecule has 2 aromatic rings. The quantitative estimate of drug-likeness (QED) is 0.726. The molecule has 1 aliphatic heterocycles. The summed E-state index contributed by atoms with van der Waals surface area (Å²) in [5.74, 6) is -1.88. The van der Waals surface area contributed by atoms with E-state index >= 15 is 0 Å². The standard InChI is InChI=1S/C20H14ClF3O4/c1-10(25)12-4-2-11(3-5-12)6-13-9-17-14(8-16(13)21)7-15(19(26)27)18(28-17)20(22,23)24/h2-5,7-9,18H,6H2,1H3,(H,26,27). The minimum atomic E-state index is -4.87. The second kappa shape index (κ2) is 7.31. The van der Waals surface area contributed by atoms with Crippen molar-refractivity contribution >= 4 is 29.4 Å². The van der Waals surface area contributed by atoms with Gasteiger partial charge >= 0.3 is 12.1 Å². The van der Waals surface area contributed by atoms with Crippen LogP contribution in [0.1, 0.15) is 34.0 Å². The minimum absolute atomic E-state index is 0.0778. The third-order valence-electron chi connectivity index (χ3n) is 4.32. The van der Waals surface area contributed by atoms with E-state index in [1.165, 1.54) is 19.1 Å². The van der Waals surface area contributed by atoms with Crippen LogP contribution >= 0.6 is 11.6 Å². The van der Waals surface area contributed by atoms with Crippen LogP contribution in [0.3, 0.4) is 0 Å². The highest BCUT2D eigenvalue weighted by Gasteiger charge is 2.48. The predicted octanol–water partition coefficient (Wildman–Crippen LogP) is 4.92. The lowest BCUT2D eigenvalue weighted by Gasteiger charge is -2.27. The number of hydrogen-bond acceptors (Lipinski definition) is 3. The number of aliphatic carboxylic acids is 1. The van der Waals surface area contributed by atoms with E-state index in [1.54, 1.807) is 24.3 Å². The fourth-order valence-corrected chi connectivity index (χ4v) is 3.13. The summed E-state index contributed by atoms with van der Waals surface area (Å²) in [5, 5.41) is 9.34. The van der Waals surface area contributed by atoms with Crippen molar-refractivity contribution in [1.82, 2.24) is 0 Å². The molecule has 0 saturated carbocycles. The normalized spacial score (nSPS) is 16.0. The third-order valence-corrected chi connectivity index (χ3v) is 4.67. The van der Waals surface area contributed by atoms with Gasteiger partial charge in [0.05, 0.1) is 5.57 Å². The summed E-state index contributed by atoms with van der Waals surface area (Å²) in [6.07, 6.45) is -6.19. The number of ether oxygens (including phenoxy) is 1. The van der Waals surface area contributed by atoms with Crippen LogP contribution in [0.4, 0.5) is 13.2 Å². The lowest BCUT2D eigenvalue weighted by Crippen LogP contribution is -2.40. The Morgan fingerprint density at radius 1 is 1.18 bits per heavy atom. The van der Waals surface area contributed by atoms with E-state index in [1.807, 2.05) is 0 Å². The summed E-state index contributed by atoms with van der Waals surface area (Å²) < 4.78 is 44.6. The molecule has 146 valence electrons. The molecule has 1 unspecified atom stereocenters. The first kappa shape index (κ1) is 19.9. The zero-order valence-corrected chi connectivity index (χ0v) is 15.3. The molecular formula is C20H14ClF3O4. The molecule has 0 radical (unpaired) electrons. The van der Waals surface area contributed by atoms with E-state index in [0.29, 0.717) is 17.5 Å². The van der Waals surface area contributed by atoms with Crippen LogP contribution in [0.2, 0.25) is 5.02 Å². The second-order valence-electron chi connectivity index (χ2n) is 6.36. The summed E-state index contributed by atoms with van der Waals surface area (Å²) in [7, 11) is 0. The van der Waals surface area contributed by atoms with E-state index in [9.17, 15) is 22.8 Å². The largest absolute Gasteiger partial charge is 0.478 e. The van der Waals surface area contributed by atoms with Crippen LogP contribution in [0.5, 0.6) is 5.75 Å². The number of rotatable bonds is 4. The summed E-state index contributed by atoms with van der Waals surface area (Å²) in [5.41, 5.74) is 1.13. The highest BCUT2D eigenvalue weighted by Crippen LogP contribution is 2.39. The van der Waals surface area contributed by atoms with E-state index in [0.717, 1.165) is 11.6 Å². The molecular weight excluding hydrogens is 397 g/mol. The molecule has 28 heavy (non-hydrogen) atoms. The Labute approximate surface area is 163 Å². The first-order valence-corrected chi connectivity index (χ1v) is 8.54. The fraction of sp³-hybridized carbons (Fsp3) is 0.200. The highest BCUT2D eigenvalue weighted by molar-refractivity contribution is 6.31. The van der Waals surface area contributed by atoms with Crippen LogP contribution < -0.4 is 4.74 Å². The number of carbonyl (C=O) groups is 2. The summed E-state index contributed by atoms with van der Waals surface area (Å²) in [6.45, 7) is 1.45. The van der Waals surface area contributed by atoms with Crippen molar-refractivity contribution in [2.24, 2.45) is 0 Å². The Hall–Kier alpha value is -2.80. The smallest absolute Gasteiger partial charge is 0.430 e. The van der Waals surface area contributed by atoms with Crippen molar-refractivity contribution in [3.05, 3.63) is 69.2 Å². The van der Waals surface area contributed by atoms with E-state index in [2.05, 4.69) is 0 Å². The summed E-state index contributed by atoms with van der Waals surface area (Å²) in [6, 6.07) is 9.53. The molecule has 0 saturated heterocycles. The Morgan fingerprint density at radius 2 is 1.82 bits per heavy atom. The highest BCUT2D eigenvalue weighted by atomic mass is 35.5. The zero-order valence-electron chi connectivity index (χ0n) is 14.5. The lowest BCUT2D eigenvalue weighted by atomic mass is 9.97. The molecule has 0 spiro atoms. The number of carboxylic acids is 1. The van der Waals surface area contributed by atoms with Crippen molar-refractivity contribution in [3.8, 4) is 5.75 Å². The van der Waals surface area contributed by atoms with Crippen molar-refractivity contribution in [3.63, 3.8) is 0 Å². The van der Waals surface area contributed by atoms with Crippen LogP contribution in [0.15, 0.2) is 42.0 Å². The molecule has 2 aromatic carbocycles. The first-order chi connectivity index (χ1) is 13.1. The van der Waals surface area contributed by atoms with Crippen molar-refractivity contribution in [2.75, 3.05) is 0 Å². The Bertz CT molecular complexity index is 978. The molecule has 4 nitrogen and oxygen atoms in total. The first-order valence-electron chi connectivity index (χ1n) is 8.17. The van der Waals surface area contributed by atoms with Crippen molar-refractivity contribution < 1.29 is 32.6 Å². The fourth-order valence-electron chi connectivity index (χ4n) is 2.89. The summed E-state index contributed by atoms with van der Waals surface area (Å²) in [4.78, 5) is 22.5. The second-order valence-corrected chi connectivity index (χ2v) is 6.76. The van der Waals surface area contributed by atoms with Crippen LogP contribution in [0, 0.1) is 0 Å². The van der Waals surface area contributed by atoms with E-state index in [4.69, 9.17) is 21.4 Å².